The second-order valence-electron chi connectivity index (χ2n) is 6.87. The highest BCUT2D eigenvalue weighted by atomic mass is 35.5. The molecule has 2 aromatic rings. The predicted octanol–water partition coefficient (Wildman–Crippen LogP) is 2.65. The Bertz CT molecular complexity index is 729. The predicted molar refractivity (Wildman–Crippen MR) is 105 cm³/mol. The van der Waals surface area contributed by atoms with Gasteiger partial charge in [-0.3, -0.25) is 9.69 Å². The highest BCUT2D eigenvalue weighted by molar-refractivity contribution is 7.10. The van der Waals surface area contributed by atoms with Gasteiger partial charge in [-0.25, -0.2) is 10.9 Å². The van der Waals surface area contributed by atoms with Crippen molar-refractivity contribution in [2.45, 2.75) is 25.0 Å². The maximum atomic E-state index is 12.8. The Balaban J connectivity index is 1.26. The molecule has 1 aromatic carbocycles. The number of piperazine rings is 1. The summed E-state index contributed by atoms with van der Waals surface area (Å²) in [5, 5.41) is 2.84. The number of amides is 1. The lowest BCUT2D eigenvalue weighted by Gasteiger charge is -2.35. The standard InChI is InChI=1S/C19H23ClN4OS/c20-15-5-3-14(4-6-15)13-23-7-9-24(10-8-23)19(25)17-12-16(21-22-17)18-2-1-11-26-18/h1-6,11,16-17,21-22H,7-10,12-13H2. The zero-order valence-electron chi connectivity index (χ0n) is 14.5. The molecule has 1 amide bonds. The van der Waals surface area contributed by atoms with Gasteiger partial charge in [-0.2, -0.15) is 0 Å². The molecule has 5 nitrogen and oxygen atoms in total. The van der Waals surface area contributed by atoms with Crippen LogP contribution in [0.5, 0.6) is 0 Å². The fraction of sp³-hybridized carbons (Fsp3) is 0.421. The van der Waals surface area contributed by atoms with Gasteiger partial charge in [0.2, 0.25) is 5.91 Å². The summed E-state index contributed by atoms with van der Waals surface area (Å²) in [4.78, 5) is 18.5. The third-order valence-electron chi connectivity index (χ3n) is 5.09. The minimum atomic E-state index is -0.134. The van der Waals surface area contributed by atoms with Crippen molar-refractivity contribution >= 4 is 28.8 Å². The van der Waals surface area contributed by atoms with E-state index in [2.05, 4.69) is 45.4 Å². The molecule has 0 saturated carbocycles. The summed E-state index contributed by atoms with van der Waals surface area (Å²) < 4.78 is 0. The number of nitrogens with one attached hydrogen (secondary N) is 2. The molecule has 4 rings (SSSR count). The van der Waals surface area contributed by atoms with Crippen LogP contribution in [0.25, 0.3) is 0 Å². The molecule has 26 heavy (non-hydrogen) atoms. The van der Waals surface area contributed by atoms with Crippen LogP contribution in [0.3, 0.4) is 0 Å². The van der Waals surface area contributed by atoms with Gasteiger partial charge < -0.3 is 4.90 Å². The topological polar surface area (TPSA) is 47.6 Å². The lowest BCUT2D eigenvalue weighted by atomic mass is 10.1. The van der Waals surface area contributed by atoms with Gasteiger partial charge >= 0.3 is 0 Å². The molecule has 138 valence electrons. The lowest BCUT2D eigenvalue weighted by Crippen LogP contribution is -2.53. The Kier molecular flexibility index (Phi) is 5.57. The summed E-state index contributed by atoms with van der Waals surface area (Å²) in [7, 11) is 0. The highest BCUT2D eigenvalue weighted by Gasteiger charge is 2.34. The summed E-state index contributed by atoms with van der Waals surface area (Å²) in [5.41, 5.74) is 7.71. The number of hydrogen-bond acceptors (Lipinski definition) is 5. The first-order valence-corrected chi connectivity index (χ1v) is 10.2. The zero-order chi connectivity index (χ0) is 17.9. The van der Waals surface area contributed by atoms with Gasteiger partial charge in [-0.15, -0.1) is 11.3 Å². The number of thiophene rings is 1. The molecule has 2 N–H and O–H groups in total. The van der Waals surface area contributed by atoms with Crippen molar-refractivity contribution in [3.05, 3.63) is 57.2 Å². The number of nitrogens with zero attached hydrogens (tertiary/aromatic N) is 2. The van der Waals surface area contributed by atoms with E-state index in [0.717, 1.165) is 44.2 Å². The number of carbonyl (C=O) groups excluding carboxylic acids is 1. The van der Waals surface area contributed by atoms with Crippen LogP contribution in [0.2, 0.25) is 5.02 Å². The van der Waals surface area contributed by atoms with E-state index in [-0.39, 0.29) is 18.0 Å². The SMILES string of the molecule is O=C(C1CC(c2cccs2)NN1)N1CCN(Cc2ccc(Cl)cc2)CC1. The Morgan fingerprint density at radius 2 is 1.88 bits per heavy atom. The van der Waals surface area contributed by atoms with Crippen molar-refractivity contribution in [2.24, 2.45) is 0 Å². The van der Waals surface area contributed by atoms with Crippen molar-refractivity contribution in [1.29, 1.82) is 0 Å². The summed E-state index contributed by atoms with van der Waals surface area (Å²) in [6.45, 7) is 4.29. The summed E-state index contributed by atoms with van der Waals surface area (Å²) in [6.07, 6.45) is 0.810. The molecule has 0 aliphatic carbocycles. The van der Waals surface area contributed by atoms with E-state index >= 15 is 0 Å². The second-order valence-corrected chi connectivity index (χ2v) is 8.29. The highest BCUT2D eigenvalue weighted by Crippen LogP contribution is 2.26. The average molecular weight is 391 g/mol. The monoisotopic (exact) mass is 390 g/mol. The molecule has 2 aliphatic heterocycles. The summed E-state index contributed by atoms with van der Waals surface area (Å²) >= 11 is 7.67. The molecule has 2 aliphatic rings. The molecule has 2 fully saturated rings. The number of hydrogen-bond donors (Lipinski definition) is 2. The lowest BCUT2D eigenvalue weighted by molar-refractivity contribution is -0.135. The first kappa shape index (κ1) is 17.9. The van der Waals surface area contributed by atoms with Gasteiger partial charge in [-0.1, -0.05) is 29.8 Å². The Hall–Kier alpha value is -1.44. The van der Waals surface area contributed by atoms with E-state index < -0.39 is 0 Å². The van der Waals surface area contributed by atoms with Crippen LogP contribution in [0.4, 0.5) is 0 Å². The molecule has 7 heteroatoms. The van der Waals surface area contributed by atoms with Gasteiger partial charge in [0.15, 0.2) is 0 Å². The Morgan fingerprint density at radius 3 is 2.58 bits per heavy atom. The molecular formula is C19H23ClN4OS. The minimum absolute atomic E-state index is 0.134. The third-order valence-corrected chi connectivity index (χ3v) is 6.33. The number of benzene rings is 1. The van der Waals surface area contributed by atoms with Crippen molar-refractivity contribution in [3.8, 4) is 0 Å². The largest absolute Gasteiger partial charge is 0.339 e. The van der Waals surface area contributed by atoms with Crippen LogP contribution in [-0.4, -0.2) is 47.9 Å². The molecule has 1 aromatic heterocycles. The van der Waals surface area contributed by atoms with E-state index in [9.17, 15) is 4.79 Å². The van der Waals surface area contributed by atoms with Gasteiger partial charge in [0.05, 0.1) is 6.04 Å². The van der Waals surface area contributed by atoms with Crippen molar-refractivity contribution < 1.29 is 4.79 Å². The van der Waals surface area contributed by atoms with Crippen LogP contribution >= 0.6 is 22.9 Å². The molecule has 0 radical (unpaired) electrons. The number of rotatable bonds is 4. The first-order chi connectivity index (χ1) is 12.7. The molecule has 2 atom stereocenters. The Labute approximate surface area is 162 Å². The minimum Gasteiger partial charge on any atom is -0.339 e. The number of carbonyl (C=O) groups is 1. The smallest absolute Gasteiger partial charge is 0.241 e. The molecule has 0 bridgehead atoms. The van der Waals surface area contributed by atoms with E-state index in [1.165, 1.54) is 10.4 Å². The number of halogens is 1. The zero-order valence-corrected chi connectivity index (χ0v) is 16.1. The first-order valence-electron chi connectivity index (χ1n) is 8.99. The quantitative estimate of drug-likeness (QED) is 0.842. The fourth-order valence-electron chi connectivity index (χ4n) is 3.59. The molecule has 0 spiro atoms. The van der Waals surface area contributed by atoms with E-state index in [4.69, 9.17) is 11.6 Å². The van der Waals surface area contributed by atoms with Crippen molar-refractivity contribution in [2.75, 3.05) is 26.2 Å². The fourth-order valence-corrected chi connectivity index (χ4v) is 4.51. The summed E-state index contributed by atoms with van der Waals surface area (Å²) in [6, 6.07) is 12.3. The Morgan fingerprint density at radius 1 is 1.12 bits per heavy atom. The van der Waals surface area contributed by atoms with Gasteiger partial charge in [0.25, 0.3) is 0 Å². The maximum Gasteiger partial charge on any atom is 0.241 e. The van der Waals surface area contributed by atoms with Crippen LogP contribution in [0.15, 0.2) is 41.8 Å². The van der Waals surface area contributed by atoms with Gasteiger partial charge in [0, 0.05) is 42.6 Å². The van der Waals surface area contributed by atoms with E-state index in [1.807, 2.05) is 17.0 Å². The molecular weight excluding hydrogens is 368 g/mol. The number of hydrazine groups is 1. The van der Waals surface area contributed by atoms with Crippen LogP contribution < -0.4 is 10.9 Å². The average Bonchev–Trinajstić information content (AvgIpc) is 3.35. The second kappa shape index (κ2) is 8.06. The maximum absolute atomic E-state index is 12.8. The molecule has 2 saturated heterocycles. The van der Waals surface area contributed by atoms with Gasteiger partial charge in [0.1, 0.15) is 6.04 Å². The summed E-state index contributed by atoms with van der Waals surface area (Å²) in [5.74, 6) is 0.211. The van der Waals surface area contributed by atoms with Crippen molar-refractivity contribution in [3.63, 3.8) is 0 Å². The van der Waals surface area contributed by atoms with Crippen molar-refractivity contribution in [1.82, 2.24) is 20.7 Å². The molecule has 3 heterocycles. The van der Waals surface area contributed by atoms with E-state index in [1.54, 1.807) is 11.3 Å². The van der Waals surface area contributed by atoms with Gasteiger partial charge in [-0.05, 0) is 35.6 Å². The van der Waals surface area contributed by atoms with Crippen LogP contribution in [0, 0.1) is 0 Å². The van der Waals surface area contributed by atoms with Crippen LogP contribution in [0.1, 0.15) is 22.9 Å². The van der Waals surface area contributed by atoms with Crippen LogP contribution in [-0.2, 0) is 11.3 Å². The normalized spacial score (nSPS) is 24.1. The van der Waals surface area contributed by atoms with E-state index in [0.29, 0.717) is 0 Å². The third kappa shape index (κ3) is 4.10. The molecule has 2 unspecified atom stereocenters.